The molecule has 2 aromatic carbocycles. The molecule has 0 N–H and O–H groups in total. The molecule has 0 saturated carbocycles. The maximum absolute atomic E-state index is 13.5. The van der Waals surface area contributed by atoms with Crippen LogP contribution < -0.4 is 0 Å². The van der Waals surface area contributed by atoms with Gasteiger partial charge in [-0.3, -0.25) is 0 Å². The SMILES string of the molecule is N#Cc1cc(CS(=O)(=O)c2ccc(F)cc2F)ccc1F. The second kappa shape index (κ2) is 5.58. The van der Waals surface area contributed by atoms with E-state index in [9.17, 15) is 21.6 Å². The lowest BCUT2D eigenvalue weighted by atomic mass is 10.1. The van der Waals surface area contributed by atoms with Crippen LogP contribution in [0.3, 0.4) is 0 Å². The van der Waals surface area contributed by atoms with E-state index in [1.807, 2.05) is 0 Å². The molecule has 0 radical (unpaired) electrons. The first-order valence-corrected chi connectivity index (χ1v) is 7.35. The number of nitrogens with zero attached hydrogens (tertiary/aromatic N) is 1. The first-order valence-electron chi connectivity index (χ1n) is 5.70. The van der Waals surface area contributed by atoms with Crippen LogP contribution >= 0.6 is 0 Å². The Bertz CT molecular complexity index is 842. The van der Waals surface area contributed by atoms with Crippen LogP contribution in [0.5, 0.6) is 0 Å². The molecule has 0 bridgehead atoms. The highest BCUT2D eigenvalue weighted by molar-refractivity contribution is 7.90. The third-order valence-electron chi connectivity index (χ3n) is 2.74. The zero-order valence-electron chi connectivity index (χ0n) is 10.5. The normalized spacial score (nSPS) is 11.1. The Labute approximate surface area is 119 Å². The minimum atomic E-state index is -4.07. The first kappa shape index (κ1) is 15.1. The Balaban J connectivity index is 2.40. The highest BCUT2D eigenvalue weighted by Crippen LogP contribution is 2.21. The fourth-order valence-corrected chi connectivity index (χ4v) is 3.18. The highest BCUT2D eigenvalue weighted by atomic mass is 32.2. The lowest BCUT2D eigenvalue weighted by Crippen LogP contribution is -2.08. The maximum atomic E-state index is 13.5. The molecule has 0 heterocycles. The Morgan fingerprint density at radius 3 is 2.33 bits per heavy atom. The molecular weight excluding hydrogens is 303 g/mol. The van der Waals surface area contributed by atoms with E-state index in [4.69, 9.17) is 5.26 Å². The number of benzene rings is 2. The fraction of sp³-hybridized carbons (Fsp3) is 0.0714. The summed E-state index contributed by atoms with van der Waals surface area (Å²) in [6.45, 7) is 0. The monoisotopic (exact) mass is 311 g/mol. The largest absolute Gasteiger partial charge is 0.223 e. The molecule has 7 heteroatoms. The highest BCUT2D eigenvalue weighted by Gasteiger charge is 2.21. The number of halogens is 3. The van der Waals surface area contributed by atoms with Crippen molar-refractivity contribution in [3.05, 3.63) is 65.0 Å². The van der Waals surface area contributed by atoms with Gasteiger partial charge in [-0.05, 0) is 29.8 Å². The Morgan fingerprint density at radius 1 is 1.00 bits per heavy atom. The van der Waals surface area contributed by atoms with Crippen molar-refractivity contribution in [1.29, 1.82) is 5.26 Å². The van der Waals surface area contributed by atoms with E-state index in [0.717, 1.165) is 24.3 Å². The van der Waals surface area contributed by atoms with Crippen LogP contribution in [-0.2, 0) is 15.6 Å². The van der Waals surface area contributed by atoms with Gasteiger partial charge in [-0.25, -0.2) is 21.6 Å². The van der Waals surface area contributed by atoms with Gasteiger partial charge in [0.2, 0.25) is 0 Å². The van der Waals surface area contributed by atoms with Crippen molar-refractivity contribution < 1.29 is 21.6 Å². The van der Waals surface area contributed by atoms with Crippen molar-refractivity contribution in [3.63, 3.8) is 0 Å². The summed E-state index contributed by atoms with van der Waals surface area (Å²) in [4.78, 5) is -0.647. The Kier molecular flexibility index (Phi) is 4.00. The number of hydrogen-bond donors (Lipinski definition) is 0. The molecule has 0 amide bonds. The van der Waals surface area contributed by atoms with Crippen LogP contribution in [0.15, 0.2) is 41.3 Å². The quantitative estimate of drug-likeness (QED) is 0.819. The van der Waals surface area contributed by atoms with Crippen LogP contribution in [0.4, 0.5) is 13.2 Å². The van der Waals surface area contributed by atoms with Gasteiger partial charge in [0.15, 0.2) is 9.84 Å². The van der Waals surface area contributed by atoms with Crippen LogP contribution in [0, 0.1) is 28.8 Å². The van der Waals surface area contributed by atoms with E-state index in [-0.39, 0.29) is 11.1 Å². The van der Waals surface area contributed by atoms with E-state index in [1.54, 1.807) is 6.07 Å². The van der Waals surface area contributed by atoms with Crippen LogP contribution in [0.1, 0.15) is 11.1 Å². The molecule has 3 nitrogen and oxygen atoms in total. The van der Waals surface area contributed by atoms with E-state index in [0.29, 0.717) is 6.07 Å². The Hall–Kier alpha value is -2.33. The average Bonchev–Trinajstić information content (AvgIpc) is 2.40. The second-order valence-corrected chi connectivity index (χ2v) is 6.22. The van der Waals surface area contributed by atoms with Gasteiger partial charge >= 0.3 is 0 Å². The number of nitriles is 1. The maximum Gasteiger partial charge on any atom is 0.185 e. The third-order valence-corrected chi connectivity index (χ3v) is 4.45. The molecule has 0 aliphatic carbocycles. The summed E-state index contributed by atoms with van der Waals surface area (Å²) >= 11 is 0. The molecule has 0 aliphatic heterocycles. The van der Waals surface area contributed by atoms with Gasteiger partial charge in [-0.15, -0.1) is 0 Å². The Morgan fingerprint density at radius 2 is 1.71 bits per heavy atom. The second-order valence-electron chi connectivity index (χ2n) is 4.26. The average molecular weight is 311 g/mol. The molecule has 0 saturated heterocycles. The van der Waals surface area contributed by atoms with Crippen molar-refractivity contribution in [1.82, 2.24) is 0 Å². The number of hydrogen-bond acceptors (Lipinski definition) is 3. The van der Waals surface area contributed by atoms with Crippen molar-refractivity contribution in [2.24, 2.45) is 0 Å². The predicted octanol–water partition coefficient (Wildman–Crippen LogP) is 2.95. The van der Waals surface area contributed by atoms with Crippen molar-refractivity contribution in [2.45, 2.75) is 10.6 Å². The summed E-state index contributed by atoms with van der Waals surface area (Å²) in [6, 6.07) is 6.95. The van der Waals surface area contributed by atoms with Crippen molar-refractivity contribution in [3.8, 4) is 6.07 Å². The van der Waals surface area contributed by atoms with Crippen LogP contribution in [-0.4, -0.2) is 8.42 Å². The van der Waals surface area contributed by atoms with Gasteiger partial charge in [-0.1, -0.05) is 6.07 Å². The molecule has 0 aromatic heterocycles. The summed E-state index contributed by atoms with van der Waals surface area (Å²) in [7, 11) is -4.07. The molecule has 2 aromatic rings. The first-order chi connectivity index (χ1) is 9.83. The van der Waals surface area contributed by atoms with E-state index in [2.05, 4.69) is 0 Å². The molecule has 0 atom stereocenters. The van der Waals surface area contributed by atoms with Gasteiger partial charge in [0, 0.05) is 6.07 Å². The summed E-state index contributed by atoms with van der Waals surface area (Å²) in [5.74, 6) is -3.48. The summed E-state index contributed by atoms with van der Waals surface area (Å²) in [5.41, 5.74) is -0.168. The molecule has 0 unspecified atom stereocenters. The smallest absolute Gasteiger partial charge is 0.185 e. The molecule has 0 spiro atoms. The van der Waals surface area contributed by atoms with Gasteiger partial charge in [0.1, 0.15) is 28.4 Å². The van der Waals surface area contributed by atoms with E-state index < -0.39 is 37.9 Å². The van der Waals surface area contributed by atoms with E-state index in [1.165, 1.54) is 6.07 Å². The lowest BCUT2D eigenvalue weighted by molar-refractivity contribution is 0.548. The number of rotatable bonds is 3. The molecule has 108 valence electrons. The van der Waals surface area contributed by atoms with Crippen molar-refractivity contribution in [2.75, 3.05) is 0 Å². The minimum absolute atomic E-state index is 0.136. The molecule has 0 aliphatic rings. The molecule has 0 fully saturated rings. The number of sulfone groups is 1. The standard InChI is InChI=1S/C14H8F3NO2S/c15-11-2-4-14(13(17)6-11)21(19,20)8-9-1-3-12(16)10(5-9)7-18/h1-6H,8H2. The van der Waals surface area contributed by atoms with Gasteiger partial charge in [0.25, 0.3) is 0 Å². The van der Waals surface area contributed by atoms with Crippen LogP contribution in [0.25, 0.3) is 0 Å². The topological polar surface area (TPSA) is 57.9 Å². The summed E-state index contributed by atoms with van der Waals surface area (Å²) in [5, 5.41) is 8.69. The third kappa shape index (κ3) is 3.23. The zero-order valence-corrected chi connectivity index (χ0v) is 11.3. The van der Waals surface area contributed by atoms with E-state index >= 15 is 0 Å². The molecule has 21 heavy (non-hydrogen) atoms. The summed E-state index contributed by atoms with van der Waals surface area (Å²) in [6.07, 6.45) is 0. The summed E-state index contributed by atoms with van der Waals surface area (Å²) < 4.78 is 63.6. The van der Waals surface area contributed by atoms with Gasteiger partial charge in [0.05, 0.1) is 11.3 Å². The van der Waals surface area contributed by atoms with Crippen molar-refractivity contribution >= 4 is 9.84 Å². The fourth-order valence-electron chi connectivity index (χ4n) is 1.77. The zero-order chi connectivity index (χ0) is 15.6. The minimum Gasteiger partial charge on any atom is -0.223 e. The van der Waals surface area contributed by atoms with Crippen LogP contribution in [0.2, 0.25) is 0 Å². The predicted molar refractivity (Wildman–Crippen MR) is 68.4 cm³/mol. The lowest BCUT2D eigenvalue weighted by Gasteiger charge is -2.06. The van der Waals surface area contributed by atoms with Gasteiger partial charge < -0.3 is 0 Å². The molecular formula is C14H8F3NO2S. The van der Waals surface area contributed by atoms with Gasteiger partial charge in [-0.2, -0.15) is 5.26 Å². The molecule has 2 rings (SSSR count).